The van der Waals surface area contributed by atoms with E-state index in [1.54, 1.807) is 0 Å². The van der Waals surface area contributed by atoms with Gasteiger partial charge < -0.3 is 64.2 Å². The number of rotatable bonds is 28. The molecule has 2 saturated heterocycles. The van der Waals surface area contributed by atoms with E-state index in [2.05, 4.69) is 6.92 Å². The van der Waals surface area contributed by atoms with Crippen molar-refractivity contribution in [3.05, 3.63) is 0 Å². The van der Waals surface area contributed by atoms with Crippen LogP contribution in [-0.4, -0.2) is 142 Å². The Balaban J connectivity index is 1.60. The molecule has 11 unspecified atom stereocenters. The highest BCUT2D eigenvalue weighted by atomic mass is 16.7. The second-order valence-corrected chi connectivity index (χ2v) is 13.8. The Labute approximate surface area is 298 Å². The van der Waals surface area contributed by atoms with Gasteiger partial charge in [0, 0.05) is 13.5 Å². The molecule has 0 aliphatic carbocycles. The lowest BCUT2D eigenvalue weighted by Gasteiger charge is -2.42. The van der Waals surface area contributed by atoms with E-state index >= 15 is 0 Å². The molecule has 0 bridgehead atoms. The molecule has 0 aromatic heterocycles. The third-order valence-corrected chi connectivity index (χ3v) is 9.42. The maximum absolute atomic E-state index is 11.7. The number of hydrogen-bond donors (Lipinski definition) is 7. The molecule has 14 heteroatoms. The topological polar surface area (TPSA) is 214 Å². The number of carbonyl (C=O) groups excluding carboxylic acids is 1. The van der Waals surface area contributed by atoms with Crippen molar-refractivity contribution in [3.8, 4) is 0 Å². The van der Waals surface area contributed by atoms with Gasteiger partial charge >= 0.3 is 5.97 Å². The fraction of sp³-hybridized carbons (Fsp3) is 0.972. The van der Waals surface area contributed by atoms with Gasteiger partial charge in [-0.05, 0) is 6.42 Å². The summed E-state index contributed by atoms with van der Waals surface area (Å²) in [6.45, 7) is 2.68. The van der Waals surface area contributed by atoms with Crippen LogP contribution in [0.25, 0.3) is 0 Å². The van der Waals surface area contributed by atoms with E-state index in [0.29, 0.717) is 6.61 Å². The Kier molecular flexibility index (Phi) is 24.1. The van der Waals surface area contributed by atoms with Gasteiger partial charge in [-0.1, -0.05) is 110 Å². The van der Waals surface area contributed by atoms with E-state index in [1.165, 1.54) is 96.8 Å². The molecule has 0 saturated carbocycles. The monoisotopic (exact) mass is 724 g/mol. The van der Waals surface area contributed by atoms with Crippen LogP contribution in [0.1, 0.15) is 123 Å². The van der Waals surface area contributed by atoms with Crippen LogP contribution in [0.3, 0.4) is 0 Å². The van der Waals surface area contributed by atoms with Crippen LogP contribution in [0, 0.1) is 0 Å². The molecule has 2 fully saturated rings. The zero-order valence-electron chi connectivity index (χ0n) is 30.4. The standard InChI is InChI=1S/C36H68O14/c1-3-4-5-6-7-8-9-10-11-12-13-14-15-16-17-18-19-20-45-22-26(48-25(2)38)23-46-35-34(44)32(42)30(40)28(50-35)24-47-36-33(43)31(41)29(39)27(21-37)49-36/h26-37,39-44H,3-24H2,1-2H3. The first-order valence-electron chi connectivity index (χ1n) is 19.1. The fourth-order valence-electron chi connectivity index (χ4n) is 6.28. The summed E-state index contributed by atoms with van der Waals surface area (Å²) in [7, 11) is 0. The van der Waals surface area contributed by atoms with Crippen molar-refractivity contribution >= 4 is 5.97 Å². The number of aliphatic hydroxyl groups is 7. The zero-order valence-corrected chi connectivity index (χ0v) is 30.4. The van der Waals surface area contributed by atoms with Crippen LogP contribution in [0.15, 0.2) is 0 Å². The third kappa shape index (κ3) is 17.2. The van der Waals surface area contributed by atoms with Gasteiger partial charge in [-0.3, -0.25) is 4.79 Å². The highest BCUT2D eigenvalue weighted by molar-refractivity contribution is 5.66. The Morgan fingerprint density at radius 2 is 1.02 bits per heavy atom. The largest absolute Gasteiger partial charge is 0.458 e. The van der Waals surface area contributed by atoms with Crippen molar-refractivity contribution in [2.45, 2.75) is 191 Å². The van der Waals surface area contributed by atoms with E-state index in [0.717, 1.165) is 19.3 Å². The maximum Gasteiger partial charge on any atom is 0.303 e. The highest BCUT2D eigenvalue weighted by Crippen LogP contribution is 2.26. The number of aliphatic hydroxyl groups excluding tert-OH is 7. The lowest BCUT2D eigenvalue weighted by Crippen LogP contribution is -2.61. The summed E-state index contributed by atoms with van der Waals surface area (Å²) >= 11 is 0. The Morgan fingerprint density at radius 3 is 1.50 bits per heavy atom. The summed E-state index contributed by atoms with van der Waals surface area (Å²) in [5.74, 6) is -0.550. The number of ether oxygens (including phenoxy) is 6. The molecular weight excluding hydrogens is 656 g/mol. The minimum atomic E-state index is -1.69. The first kappa shape index (κ1) is 45.1. The van der Waals surface area contributed by atoms with Gasteiger partial charge in [-0.15, -0.1) is 0 Å². The van der Waals surface area contributed by atoms with Gasteiger partial charge in [-0.25, -0.2) is 0 Å². The van der Waals surface area contributed by atoms with Crippen LogP contribution in [0.2, 0.25) is 0 Å². The lowest BCUT2D eigenvalue weighted by molar-refractivity contribution is -0.332. The summed E-state index contributed by atoms with van der Waals surface area (Å²) in [5, 5.41) is 70.8. The first-order chi connectivity index (χ1) is 24.1. The minimum absolute atomic E-state index is 0.0517. The molecule has 2 heterocycles. The second-order valence-electron chi connectivity index (χ2n) is 13.8. The van der Waals surface area contributed by atoms with Gasteiger partial charge in [-0.2, -0.15) is 0 Å². The average molecular weight is 725 g/mol. The highest BCUT2D eigenvalue weighted by Gasteiger charge is 2.47. The summed E-state index contributed by atoms with van der Waals surface area (Å²) in [5.41, 5.74) is 0. The van der Waals surface area contributed by atoms with Crippen molar-refractivity contribution in [2.24, 2.45) is 0 Å². The minimum Gasteiger partial charge on any atom is -0.458 e. The maximum atomic E-state index is 11.7. The number of esters is 1. The zero-order chi connectivity index (χ0) is 36.7. The van der Waals surface area contributed by atoms with E-state index in [4.69, 9.17) is 28.4 Å². The van der Waals surface area contributed by atoms with Crippen LogP contribution < -0.4 is 0 Å². The predicted octanol–water partition coefficient (Wildman–Crippen LogP) is 2.23. The van der Waals surface area contributed by atoms with Gasteiger partial charge in [0.05, 0.1) is 26.4 Å². The van der Waals surface area contributed by atoms with E-state index < -0.39 is 86.7 Å². The van der Waals surface area contributed by atoms with Gasteiger partial charge in [0.2, 0.25) is 0 Å². The Hall–Kier alpha value is -1.01. The van der Waals surface area contributed by atoms with E-state index in [-0.39, 0.29) is 13.2 Å². The van der Waals surface area contributed by atoms with Crippen LogP contribution in [-0.2, 0) is 33.2 Å². The molecule has 0 aromatic carbocycles. The van der Waals surface area contributed by atoms with Crippen LogP contribution in [0.4, 0.5) is 0 Å². The first-order valence-corrected chi connectivity index (χ1v) is 19.1. The molecular formula is C36H68O14. The number of carbonyl (C=O) groups is 1. The molecule has 11 atom stereocenters. The normalized spacial score (nSPS) is 30.7. The molecule has 0 spiro atoms. The van der Waals surface area contributed by atoms with Crippen LogP contribution in [0.5, 0.6) is 0 Å². The van der Waals surface area contributed by atoms with Gasteiger partial charge in [0.25, 0.3) is 0 Å². The second kappa shape index (κ2) is 26.7. The summed E-state index contributed by atoms with van der Waals surface area (Å²) in [6.07, 6.45) is 5.73. The summed E-state index contributed by atoms with van der Waals surface area (Å²) in [6, 6.07) is 0. The molecule has 296 valence electrons. The lowest BCUT2D eigenvalue weighted by atomic mass is 9.98. The smallest absolute Gasteiger partial charge is 0.303 e. The van der Waals surface area contributed by atoms with Crippen molar-refractivity contribution in [1.82, 2.24) is 0 Å². The van der Waals surface area contributed by atoms with Crippen molar-refractivity contribution in [2.75, 3.05) is 33.0 Å². The van der Waals surface area contributed by atoms with Gasteiger partial charge in [0.15, 0.2) is 12.6 Å². The van der Waals surface area contributed by atoms with E-state index in [1.807, 2.05) is 0 Å². The molecule has 0 aromatic rings. The predicted molar refractivity (Wildman–Crippen MR) is 183 cm³/mol. The van der Waals surface area contributed by atoms with Crippen LogP contribution >= 0.6 is 0 Å². The molecule has 50 heavy (non-hydrogen) atoms. The molecule has 7 N–H and O–H groups in total. The Bertz CT molecular complexity index is 850. The molecule has 2 aliphatic rings. The number of unbranched alkanes of at least 4 members (excludes halogenated alkanes) is 16. The molecule has 14 nitrogen and oxygen atoms in total. The van der Waals surface area contributed by atoms with E-state index in [9.17, 15) is 40.5 Å². The third-order valence-electron chi connectivity index (χ3n) is 9.42. The van der Waals surface area contributed by atoms with Crippen molar-refractivity contribution in [3.63, 3.8) is 0 Å². The Morgan fingerprint density at radius 1 is 0.580 bits per heavy atom. The van der Waals surface area contributed by atoms with Crippen molar-refractivity contribution in [1.29, 1.82) is 0 Å². The van der Waals surface area contributed by atoms with Gasteiger partial charge in [0.1, 0.15) is 54.9 Å². The molecule has 2 aliphatic heterocycles. The summed E-state index contributed by atoms with van der Waals surface area (Å²) < 4.78 is 33.0. The SMILES string of the molecule is CCCCCCCCCCCCCCCCCCCOCC(COC1OC(COC2OC(CO)C(O)C(O)C2O)C(O)C(O)C1O)OC(C)=O. The fourth-order valence-corrected chi connectivity index (χ4v) is 6.28. The summed E-state index contributed by atoms with van der Waals surface area (Å²) in [4.78, 5) is 11.7. The van der Waals surface area contributed by atoms with Crippen molar-refractivity contribution < 1.29 is 69.0 Å². The molecule has 0 amide bonds. The quantitative estimate of drug-likeness (QED) is 0.0456. The molecule has 2 rings (SSSR count). The average Bonchev–Trinajstić information content (AvgIpc) is 3.10. The number of hydrogen-bond acceptors (Lipinski definition) is 14. The molecule has 0 radical (unpaired) electrons.